The van der Waals surface area contributed by atoms with Gasteiger partial charge in [-0.15, -0.1) is 0 Å². The maximum Gasteiger partial charge on any atom is 0.281 e. The van der Waals surface area contributed by atoms with Gasteiger partial charge in [-0.1, -0.05) is 29.8 Å². The number of rotatable bonds is 2. The molecule has 0 bridgehead atoms. The number of benzene rings is 1. The molecule has 1 N–H and O–H groups in total. The van der Waals surface area contributed by atoms with E-state index in [2.05, 4.69) is 41.6 Å². The van der Waals surface area contributed by atoms with Crippen LogP contribution in [0, 0.1) is 6.92 Å². The van der Waals surface area contributed by atoms with E-state index in [4.69, 9.17) is 0 Å². The lowest BCUT2D eigenvalue weighted by Gasteiger charge is -2.24. The van der Waals surface area contributed by atoms with Crippen LogP contribution in [0.4, 0.5) is 0 Å². The van der Waals surface area contributed by atoms with Gasteiger partial charge >= 0.3 is 0 Å². The van der Waals surface area contributed by atoms with Gasteiger partial charge in [0.05, 0.1) is 6.04 Å². The van der Waals surface area contributed by atoms with Gasteiger partial charge in [0, 0.05) is 12.7 Å². The van der Waals surface area contributed by atoms with Gasteiger partial charge in [0.2, 0.25) is 0 Å². The van der Waals surface area contributed by atoms with Gasteiger partial charge in [-0.2, -0.15) is 5.10 Å². The number of nitrogens with one attached hydrogen (secondary N) is 1. The maximum absolute atomic E-state index is 12.9. The molecule has 120 valence electrons. The monoisotopic (exact) mass is 328 g/mol. The molecule has 1 saturated heterocycles. The fraction of sp³-hybridized carbons (Fsp3) is 0.412. The molecule has 4 rings (SSSR count). The largest absolute Gasteiger partial charge is 0.368 e. The zero-order valence-electron chi connectivity index (χ0n) is 13.3. The molecular weight excluding hydrogens is 308 g/mol. The number of likely N-dealkylation sites (tertiary alicyclic amines) is 1. The van der Waals surface area contributed by atoms with Crippen LogP contribution in [-0.4, -0.2) is 33.6 Å². The molecule has 1 aromatic carbocycles. The van der Waals surface area contributed by atoms with Gasteiger partial charge in [0.25, 0.3) is 5.91 Å². The van der Waals surface area contributed by atoms with Gasteiger partial charge in [-0.25, -0.2) is 5.01 Å². The van der Waals surface area contributed by atoms with E-state index < -0.39 is 0 Å². The van der Waals surface area contributed by atoms with E-state index in [0.717, 1.165) is 24.4 Å². The SMILES string of the molecule is Cc1ccc(C2CCCN2C(=O)C2=NN3C(=CNC3C)S2)cc1. The first-order valence-electron chi connectivity index (χ1n) is 8.03. The summed E-state index contributed by atoms with van der Waals surface area (Å²) >= 11 is 1.46. The van der Waals surface area contributed by atoms with Crippen molar-refractivity contribution in [1.29, 1.82) is 0 Å². The first-order valence-corrected chi connectivity index (χ1v) is 8.84. The number of hydrogen-bond acceptors (Lipinski definition) is 5. The number of carbonyl (C=O) groups excluding carboxylic acids is 1. The molecule has 1 fully saturated rings. The molecule has 3 aliphatic heterocycles. The number of carbonyl (C=O) groups is 1. The lowest BCUT2D eigenvalue weighted by atomic mass is 10.0. The normalized spacial score (nSPS) is 26.0. The second-order valence-corrected chi connectivity index (χ2v) is 7.25. The standard InChI is InChI=1S/C17H20N4OS/c1-11-5-7-13(8-6-11)14-4-3-9-20(14)17(22)16-19-21-12(2)18-10-15(21)23-16/h5-8,10,12,14,18H,3-4,9H2,1-2H3. The van der Waals surface area contributed by atoms with Crippen molar-refractivity contribution in [3.05, 3.63) is 46.6 Å². The molecule has 2 unspecified atom stereocenters. The summed E-state index contributed by atoms with van der Waals surface area (Å²) in [7, 11) is 0. The van der Waals surface area contributed by atoms with Crippen LogP contribution < -0.4 is 5.32 Å². The third kappa shape index (κ3) is 2.51. The average Bonchev–Trinajstić information content (AvgIpc) is 3.25. The molecule has 1 amide bonds. The van der Waals surface area contributed by atoms with Crippen molar-refractivity contribution in [2.24, 2.45) is 5.10 Å². The van der Waals surface area contributed by atoms with Crippen molar-refractivity contribution in [1.82, 2.24) is 15.2 Å². The van der Waals surface area contributed by atoms with Gasteiger partial charge in [0.1, 0.15) is 11.2 Å². The Morgan fingerprint density at radius 2 is 2.13 bits per heavy atom. The highest BCUT2D eigenvalue weighted by Crippen LogP contribution is 2.38. The lowest BCUT2D eigenvalue weighted by molar-refractivity contribution is -0.124. The van der Waals surface area contributed by atoms with Crippen LogP contribution in [0.5, 0.6) is 0 Å². The lowest BCUT2D eigenvalue weighted by Crippen LogP contribution is -2.35. The van der Waals surface area contributed by atoms with Crippen molar-refractivity contribution in [2.45, 2.75) is 38.9 Å². The fourth-order valence-electron chi connectivity index (χ4n) is 3.30. The van der Waals surface area contributed by atoms with E-state index >= 15 is 0 Å². The first kappa shape index (κ1) is 14.6. The van der Waals surface area contributed by atoms with Crippen LogP contribution in [0.15, 0.2) is 40.6 Å². The molecule has 0 spiro atoms. The van der Waals surface area contributed by atoms with E-state index in [0.29, 0.717) is 5.04 Å². The van der Waals surface area contributed by atoms with Crippen LogP contribution in [-0.2, 0) is 4.79 Å². The Hall–Kier alpha value is -1.95. The molecule has 0 saturated carbocycles. The quantitative estimate of drug-likeness (QED) is 0.907. The number of hydrogen-bond donors (Lipinski definition) is 1. The Morgan fingerprint density at radius 3 is 2.87 bits per heavy atom. The number of nitrogens with zero attached hydrogens (tertiary/aromatic N) is 3. The molecule has 23 heavy (non-hydrogen) atoms. The number of hydrazone groups is 1. The number of fused-ring (bicyclic) bond motifs is 1. The summed E-state index contributed by atoms with van der Waals surface area (Å²) in [4.78, 5) is 14.9. The van der Waals surface area contributed by atoms with Crippen molar-refractivity contribution < 1.29 is 4.79 Å². The first-order chi connectivity index (χ1) is 11.1. The zero-order valence-corrected chi connectivity index (χ0v) is 14.1. The Morgan fingerprint density at radius 1 is 1.35 bits per heavy atom. The summed E-state index contributed by atoms with van der Waals surface area (Å²) in [6.45, 7) is 4.93. The topological polar surface area (TPSA) is 47.9 Å². The van der Waals surface area contributed by atoms with Crippen LogP contribution in [0.3, 0.4) is 0 Å². The van der Waals surface area contributed by atoms with Crippen LogP contribution >= 0.6 is 11.8 Å². The highest BCUT2D eigenvalue weighted by molar-refractivity contribution is 8.19. The van der Waals surface area contributed by atoms with E-state index in [1.165, 1.54) is 22.9 Å². The Labute approximate surface area is 140 Å². The summed E-state index contributed by atoms with van der Waals surface area (Å²) < 4.78 is 0. The third-order valence-corrected chi connectivity index (χ3v) is 5.56. The summed E-state index contributed by atoms with van der Waals surface area (Å²) in [5, 5.41) is 11.2. The van der Waals surface area contributed by atoms with Gasteiger partial charge in [-0.3, -0.25) is 4.79 Å². The summed E-state index contributed by atoms with van der Waals surface area (Å²) in [6, 6.07) is 8.69. The molecular formula is C17H20N4OS. The summed E-state index contributed by atoms with van der Waals surface area (Å²) in [5.41, 5.74) is 2.47. The van der Waals surface area contributed by atoms with Crippen molar-refractivity contribution in [3.8, 4) is 0 Å². The third-order valence-electron chi connectivity index (χ3n) is 4.60. The van der Waals surface area contributed by atoms with E-state index in [1.807, 2.05) is 23.0 Å². The van der Waals surface area contributed by atoms with E-state index in [-0.39, 0.29) is 18.1 Å². The smallest absolute Gasteiger partial charge is 0.281 e. The molecule has 5 nitrogen and oxygen atoms in total. The van der Waals surface area contributed by atoms with Crippen molar-refractivity contribution in [2.75, 3.05) is 6.54 Å². The molecule has 3 heterocycles. The highest BCUT2D eigenvalue weighted by atomic mass is 32.2. The molecule has 0 aliphatic carbocycles. The molecule has 2 atom stereocenters. The minimum Gasteiger partial charge on any atom is -0.368 e. The van der Waals surface area contributed by atoms with Crippen LogP contribution in [0.1, 0.15) is 36.9 Å². The van der Waals surface area contributed by atoms with Crippen LogP contribution in [0.2, 0.25) is 0 Å². The second kappa shape index (κ2) is 5.60. The van der Waals surface area contributed by atoms with E-state index in [1.54, 1.807) is 0 Å². The molecule has 0 radical (unpaired) electrons. The summed E-state index contributed by atoms with van der Waals surface area (Å²) in [6.07, 6.45) is 4.12. The minimum atomic E-state index is 0.0561. The van der Waals surface area contributed by atoms with Crippen molar-refractivity contribution in [3.63, 3.8) is 0 Å². The van der Waals surface area contributed by atoms with Crippen molar-refractivity contribution >= 4 is 22.7 Å². The molecule has 3 aliphatic rings. The average molecular weight is 328 g/mol. The van der Waals surface area contributed by atoms with Crippen LogP contribution in [0.25, 0.3) is 0 Å². The van der Waals surface area contributed by atoms with E-state index in [9.17, 15) is 4.79 Å². The summed E-state index contributed by atoms with van der Waals surface area (Å²) in [5.74, 6) is 0.0561. The number of amides is 1. The maximum atomic E-state index is 12.9. The van der Waals surface area contributed by atoms with Gasteiger partial charge in [-0.05, 0) is 44.0 Å². The van der Waals surface area contributed by atoms with Gasteiger partial charge < -0.3 is 10.2 Å². The predicted octanol–water partition coefficient (Wildman–Crippen LogP) is 2.77. The number of aryl methyl sites for hydroxylation is 1. The highest BCUT2D eigenvalue weighted by Gasteiger charge is 2.38. The fourth-order valence-corrected chi connectivity index (χ4v) is 4.25. The Kier molecular flexibility index (Phi) is 3.56. The van der Waals surface area contributed by atoms with Gasteiger partial charge in [0.15, 0.2) is 5.04 Å². The molecule has 1 aromatic rings. The Balaban J connectivity index is 1.55. The molecule has 6 heteroatoms. The zero-order chi connectivity index (χ0) is 16.0. The number of thioether (sulfide) groups is 1. The predicted molar refractivity (Wildman–Crippen MR) is 92.4 cm³/mol. The Bertz CT molecular complexity index is 697. The second-order valence-electron chi connectivity index (χ2n) is 6.24. The minimum absolute atomic E-state index is 0.0561. The molecule has 0 aromatic heterocycles.